The smallest absolute Gasteiger partial charge is 0.242 e. The molecule has 0 saturated heterocycles. The van der Waals surface area contributed by atoms with Gasteiger partial charge < -0.3 is 5.73 Å². The fourth-order valence-electron chi connectivity index (χ4n) is 2.46. The van der Waals surface area contributed by atoms with E-state index in [0.717, 1.165) is 25.7 Å². The van der Waals surface area contributed by atoms with Gasteiger partial charge in [-0.2, -0.15) is 0 Å². The van der Waals surface area contributed by atoms with Crippen LogP contribution in [0, 0.1) is 11.8 Å². The minimum absolute atomic E-state index is 0.120. The fraction of sp³-hybridized carbons (Fsp3) is 0.538. The highest BCUT2D eigenvalue weighted by atomic mass is 32.2. The summed E-state index contributed by atoms with van der Waals surface area (Å²) in [5.74, 6) is 1.08. The first-order valence-corrected chi connectivity index (χ1v) is 7.93. The molecule has 3 N–H and O–H groups in total. The molecule has 98 valence electrons. The first-order valence-electron chi connectivity index (χ1n) is 6.45. The van der Waals surface area contributed by atoms with Crippen molar-refractivity contribution in [3.05, 3.63) is 24.3 Å². The van der Waals surface area contributed by atoms with Crippen LogP contribution < -0.4 is 10.5 Å². The molecule has 2 fully saturated rings. The molecule has 0 heterocycles. The molecule has 4 nitrogen and oxygen atoms in total. The first-order chi connectivity index (χ1) is 8.58. The molecule has 2 aliphatic rings. The van der Waals surface area contributed by atoms with Crippen molar-refractivity contribution in [3.8, 4) is 0 Å². The zero-order valence-electron chi connectivity index (χ0n) is 10.2. The molecule has 1 aromatic rings. The summed E-state index contributed by atoms with van der Waals surface area (Å²) < 4.78 is 27.5. The molecule has 0 bridgehead atoms. The van der Waals surface area contributed by atoms with E-state index in [0.29, 0.717) is 17.5 Å². The molecule has 2 saturated carbocycles. The number of rotatable bonds is 5. The van der Waals surface area contributed by atoms with Gasteiger partial charge in [0.05, 0.1) is 5.69 Å². The third-order valence-corrected chi connectivity index (χ3v) is 5.29. The lowest BCUT2D eigenvalue weighted by Gasteiger charge is -2.18. The number of hydrogen-bond acceptors (Lipinski definition) is 3. The lowest BCUT2D eigenvalue weighted by molar-refractivity contribution is 0.471. The third kappa shape index (κ3) is 2.37. The van der Waals surface area contributed by atoms with Gasteiger partial charge in [-0.05, 0) is 49.7 Å². The van der Waals surface area contributed by atoms with E-state index < -0.39 is 10.0 Å². The Hall–Kier alpha value is -1.07. The number of benzene rings is 1. The van der Waals surface area contributed by atoms with Gasteiger partial charge in [0.1, 0.15) is 4.90 Å². The van der Waals surface area contributed by atoms with E-state index in [4.69, 9.17) is 5.73 Å². The highest BCUT2D eigenvalue weighted by molar-refractivity contribution is 7.89. The molecule has 0 aliphatic heterocycles. The highest BCUT2D eigenvalue weighted by Crippen LogP contribution is 2.45. The third-order valence-electron chi connectivity index (χ3n) is 3.76. The van der Waals surface area contributed by atoms with Crippen molar-refractivity contribution >= 4 is 15.7 Å². The van der Waals surface area contributed by atoms with Gasteiger partial charge in [-0.15, -0.1) is 0 Å². The monoisotopic (exact) mass is 266 g/mol. The van der Waals surface area contributed by atoms with Gasteiger partial charge in [0.25, 0.3) is 0 Å². The minimum Gasteiger partial charge on any atom is -0.398 e. The highest BCUT2D eigenvalue weighted by Gasteiger charge is 2.43. The van der Waals surface area contributed by atoms with Gasteiger partial charge in [-0.3, -0.25) is 0 Å². The predicted octanol–water partition coefficient (Wildman–Crippen LogP) is 1.74. The summed E-state index contributed by atoms with van der Waals surface area (Å²) in [4.78, 5) is 0.205. The Labute approximate surface area is 108 Å². The minimum atomic E-state index is -3.48. The molecule has 0 unspecified atom stereocenters. The van der Waals surface area contributed by atoms with Crippen LogP contribution in [0.25, 0.3) is 0 Å². The molecular formula is C13H18N2O2S. The molecule has 18 heavy (non-hydrogen) atoms. The van der Waals surface area contributed by atoms with E-state index >= 15 is 0 Å². The molecular weight excluding hydrogens is 248 g/mol. The zero-order chi connectivity index (χ0) is 12.8. The number of nitrogen functional groups attached to an aromatic ring is 1. The standard InChI is InChI=1S/C13H18N2O2S/c14-11-3-1-2-4-12(11)18(16,17)15-13(9-5-6-9)10-7-8-10/h1-4,9-10,13,15H,5-8,14H2. The number of hydrogen-bond donors (Lipinski definition) is 2. The normalized spacial score (nSPS) is 20.3. The number of nitrogens with two attached hydrogens (primary N) is 1. The summed E-state index contributed by atoms with van der Waals surface area (Å²) in [5, 5.41) is 0. The maximum absolute atomic E-state index is 12.3. The van der Waals surface area contributed by atoms with Crippen LogP contribution in [-0.4, -0.2) is 14.5 Å². The van der Waals surface area contributed by atoms with E-state index in [1.807, 2.05) is 0 Å². The Kier molecular flexibility index (Phi) is 2.83. The molecule has 0 atom stereocenters. The lowest BCUT2D eigenvalue weighted by atomic mass is 10.1. The van der Waals surface area contributed by atoms with Crippen LogP contribution >= 0.6 is 0 Å². The van der Waals surface area contributed by atoms with Crippen molar-refractivity contribution in [1.82, 2.24) is 4.72 Å². The average molecular weight is 266 g/mol. The van der Waals surface area contributed by atoms with Crippen molar-refractivity contribution in [1.29, 1.82) is 0 Å². The second-order valence-electron chi connectivity index (χ2n) is 5.36. The Morgan fingerprint density at radius 3 is 2.17 bits per heavy atom. The zero-order valence-corrected chi connectivity index (χ0v) is 11.0. The van der Waals surface area contributed by atoms with Crippen molar-refractivity contribution in [3.63, 3.8) is 0 Å². The van der Waals surface area contributed by atoms with Crippen LogP contribution in [0.1, 0.15) is 25.7 Å². The Morgan fingerprint density at radius 2 is 1.67 bits per heavy atom. The Bertz CT molecular complexity index is 536. The molecule has 0 aromatic heterocycles. The summed E-state index contributed by atoms with van der Waals surface area (Å²) in [6, 6.07) is 6.75. The van der Waals surface area contributed by atoms with E-state index in [1.54, 1.807) is 24.3 Å². The summed E-state index contributed by atoms with van der Waals surface area (Å²) in [7, 11) is -3.48. The lowest BCUT2D eigenvalue weighted by Crippen LogP contribution is -2.38. The number of nitrogens with one attached hydrogen (secondary N) is 1. The quantitative estimate of drug-likeness (QED) is 0.797. The van der Waals surface area contributed by atoms with Crippen molar-refractivity contribution in [2.75, 3.05) is 5.73 Å². The van der Waals surface area contributed by atoms with Crippen LogP contribution in [0.2, 0.25) is 0 Å². The van der Waals surface area contributed by atoms with Crippen molar-refractivity contribution in [2.45, 2.75) is 36.6 Å². The fourth-order valence-corrected chi connectivity index (χ4v) is 3.96. The molecule has 0 amide bonds. The second-order valence-corrected chi connectivity index (χ2v) is 7.04. The summed E-state index contributed by atoms with van der Waals surface area (Å²) in [6.45, 7) is 0. The van der Waals surface area contributed by atoms with Gasteiger partial charge >= 0.3 is 0 Å². The Balaban J connectivity index is 1.83. The number of anilines is 1. The van der Waals surface area contributed by atoms with Gasteiger partial charge in [0.2, 0.25) is 10.0 Å². The summed E-state index contributed by atoms with van der Waals surface area (Å²) >= 11 is 0. The molecule has 0 radical (unpaired) electrons. The summed E-state index contributed by atoms with van der Waals surface area (Å²) in [6.07, 6.45) is 4.59. The second kappa shape index (κ2) is 4.24. The van der Waals surface area contributed by atoms with Gasteiger partial charge in [-0.1, -0.05) is 12.1 Å². The van der Waals surface area contributed by atoms with E-state index in [-0.39, 0.29) is 10.9 Å². The van der Waals surface area contributed by atoms with Crippen LogP contribution in [0.5, 0.6) is 0 Å². The topological polar surface area (TPSA) is 72.2 Å². The van der Waals surface area contributed by atoms with Crippen LogP contribution in [-0.2, 0) is 10.0 Å². The maximum atomic E-state index is 12.3. The van der Waals surface area contributed by atoms with E-state index in [2.05, 4.69) is 4.72 Å². The van der Waals surface area contributed by atoms with Crippen molar-refractivity contribution < 1.29 is 8.42 Å². The van der Waals surface area contributed by atoms with E-state index in [1.165, 1.54) is 0 Å². The number of sulfonamides is 1. The van der Waals surface area contributed by atoms with E-state index in [9.17, 15) is 8.42 Å². The van der Waals surface area contributed by atoms with Crippen LogP contribution in [0.15, 0.2) is 29.2 Å². The van der Waals surface area contributed by atoms with Crippen LogP contribution in [0.3, 0.4) is 0 Å². The number of para-hydroxylation sites is 1. The molecule has 2 aliphatic carbocycles. The Morgan fingerprint density at radius 1 is 1.11 bits per heavy atom. The first kappa shape index (κ1) is 12.0. The SMILES string of the molecule is Nc1ccccc1S(=O)(=O)NC(C1CC1)C1CC1. The van der Waals surface area contributed by atoms with Crippen LogP contribution in [0.4, 0.5) is 5.69 Å². The van der Waals surface area contributed by atoms with Crippen molar-refractivity contribution in [2.24, 2.45) is 11.8 Å². The molecule has 0 spiro atoms. The molecule has 1 aromatic carbocycles. The maximum Gasteiger partial charge on any atom is 0.242 e. The molecule has 5 heteroatoms. The largest absolute Gasteiger partial charge is 0.398 e. The predicted molar refractivity (Wildman–Crippen MR) is 70.4 cm³/mol. The van der Waals surface area contributed by atoms with Gasteiger partial charge in [-0.25, -0.2) is 13.1 Å². The van der Waals surface area contributed by atoms with Gasteiger partial charge in [0, 0.05) is 6.04 Å². The average Bonchev–Trinajstić information content (AvgIpc) is 3.17. The summed E-state index contributed by atoms with van der Waals surface area (Å²) in [5.41, 5.74) is 6.06. The van der Waals surface area contributed by atoms with Gasteiger partial charge in [0.15, 0.2) is 0 Å². The molecule has 3 rings (SSSR count).